The lowest BCUT2D eigenvalue weighted by atomic mass is 9.78. The molecule has 1 heteroatoms. The van der Waals surface area contributed by atoms with Crippen LogP contribution in [0.15, 0.2) is 83.6 Å². The van der Waals surface area contributed by atoms with Crippen molar-refractivity contribution in [3.8, 4) is 0 Å². The third-order valence-corrected chi connectivity index (χ3v) is 6.30. The van der Waals surface area contributed by atoms with Crippen LogP contribution in [0.2, 0.25) is 0 Å². The molecular formula is C25H20S. The largest absolute Gasteiger partial charge is 0.152 e. The normalized spacial score (nSPS) is 15.5. The molecule has 1 aliphatic rings. The highest BCUT2D eigenvalue weighted by atomic mass is 32.1. The van der Waals surface area contributed by atoms with Crippen molar-refractivity contribution in [1.29, 1.82) is 0 Å². The van der Waals surface area contributed by atoms with Gasteiger partial charge in [0.2, 0.25) is 0 Å². The van der Waals surface area contributed by atoms with Gasteiger partial charge in [0.05, 0.1) is 0 Å². The summed E-state index contributed by atoms with van der Waals surface area (Å²) < 4.78 is 0. The first-order valence-electron chi connectivity index (χ1n) is 9.03. The Labute approximate surface area is 158 Å². The van der Waals surface area contributed by atoms with E-state index < -0.39 is 0 Å². The molecule has 0 aliphatic heterocycles. The maximum atomic E-state index is 2.36. The minimum Gasteiger partial charge on any atom is -0.152 e. The van der Waals surface area contributed by atoms with Crippen LogP contribution in [0.4, 0.5) is 0 Å². The molecule has 3 aromatic carbocycles. The Kier molecular flexibility index (Phi) is 3.41. The third-order valence-electron chi connectivity index (χ3n) is 5.61. The average molecular weight is 353 g/mol. The van der Waals surface area contributed by atoms with Gasteiger partial charge in [0.15, 0.2) is 0 Å². The molecule has 0 fully saturated rings. The predicted octanol–water partition coefficient (Wildman–Crippen LogP) is 7.15. The van der Waals surface area contributed by atoms with E-state index in [4.69, 9.17) is 0 Å². The van der Waals surface area contributed by atoms with Crippen LogP contribution in [-0.4, -0.2) is 0 Å². The van der Waals surface area contributed by atoms with E-state index in [1.54, 1.807) is 11.3 Å². The third kappa shape index (κ3) is 2.14. The molecule has 0 amide bonds. The van der Waals surface area contributed by atoms with Crippen LogP contribution in [-0.2, 0) is 5.41 Å². The van der Waals surface area contributed by atoms with Crippen molar-refractivity contribution in [1.82, 2.24) is 0 Å². The first-order chi connectivity index (χ1) is 12.7. The van der Waals surface area contributed by atoms with Crippen molar-refractivity contribution >= 4 is 33.3 Å². The van der Waals surface area contributed by atoms with Crippen LogP contribution in [0, 0.1) is 0 Å². The zero-order valence-corrected chi connectivity index (χ0v) is 15.8. The summed E-state index contributed by atoms with van der Waals surface area (Å²) in [5.74, 6) is 0. The molecule has 0 atom stereocenters. The lowest BCUT2D eigenvalue weighted by Gasteiger charge is -2.24. The molecule has 0 spiro atoms. The smallest absolute Gasteiger partial charge is 0.0165 e. The molecule has 1 aliphatic carbocycles. The molecule has 4 aromatic rings. The second-order valence-electron chi connectivity index (χ2n) is 7.46. The van der Waals surface area contributed by atoms with Crippen molar-refractivity contribution in [2.24, 2.45) is 0 Å². The van der Waals surface area contributed by atoms with Crippen LogP contribution >= 0.6 is 11.3 Å². The Bertz CT molecular complexity index is 1140. The maximum absolute atomic E-state index is 2.36. The topological polar surface area (TPSA) is 0 Å². The lowest BCUT2D eigenvalue weighted by Crippen LogP contribution is -2.16. The lowest BCUT2D eigenvalue weighted by molar-refractivity contribution is 0.704. The van der Waals surface area contributed by atoms with Crippen molar-refractivity contribution < 1.29 is 0 Å². The second-order valence-corrected chi connectivity index (χ2v) is 8.24. The number of hydrogen-bond acceptors (Lipinski definition) is 1. The summed E-state index contributed by atoms with van der Waals surface area (Å²) in [6.07, 6.45) is 0. The van der Waals surface area contributed by atoms with E-state index in [1.807, 2.05) is 0 Å². The fourth-order valence-corrected chi connectivity index (χ4v) is 5.11. The highest BCUT2D eigenvalue weighted by Crippen LogP contribution is 2.53. The quantitative estimate of drug-likeness (QED) is 0.359. The zero-order valence-electron chi connectivity index (χ0n) is 15.0. The van der Waals surface area contributed by atoms with Gasteiger partial charge in [-0.3, -0.25) is 0 Å². The van der Waals surface area contributed by atoms with E-state index >= 15 is 0 Å². The van der Waals surface area contributed by atoms with Crippen molar-refractivity contribution in [2.75, 3.05) is 0 Å². The second kappa shape index (κ2) is 5.69. The summed E-state index contributed by atoms with van der Waals surface area (Å²) in [6.45, 7) is 4.72. The SMILES string of the molecule is CC1(C)C(c2ccsc2)=C(c2cccc3ccccc23)c2ccccc21. The zero-order chi connectivity index (χ0) is 17.7. The number of rotatable bonds is 2. The molecular weight excluding hydrogens is 332 g/mol. The Morgan fingerprint density at radius 3 is 2.31 bits per heavy atom. The van der Waals surface area contributed by atoms with Crippen LogP contribution in [0.1, 0.15) is 36.1 Å². The highest BCUT2D eigenvalue weighted by molar-refractivity contribution is 7.08. The molecule has 5 rings (SSSR count). The van der Waals surface area contributed by atoms with Gasteiger partial charge < -0.3 is 0 Å². The van der Waals surface area contributed by atoms with Crippen LogP contribution in [0.25, 0.3) is 21.9 Å². The fraction of sp³-hybridized carbons (Fsp3) is 0.120. The average Bonchev–Trinajstić information content (AvgIpc) is 3.26. The molecule has 0 nitrogen and oxygen atoms in total. The fourth-order valence-electron chi connectivity index (χ4n) is 4.46. The Morgan fingerprint density at radius 2 is 1.46 bits per heavy atom. The summed E-state index contributed by atoms with van der Waals surface area (Å²) in [5, 5.41) is 7.09. The molecule has 0 unspecified atom stereocenters. The van der Waals surface area contributed by atoms with Gasteiger partial charge in [0.1, 0.15) is 0 Å². The van der Waals surface area contributed by atoms with E-state index in [9.17, 15) is 0 Å². The number of fused-ring (bicyclic) bond motifs is 2. The molecule has 126 valence electrons. The van der Waals surface area contributed by atoms with E-state index in [0.29, 0.717) is 0 Å². The molecule has 0 N–H and O–H groups in total. The van der Waals surface area contributed by atoms with Gasteiger partial charge in [0, 0.05) is 5.41 Å². The Morgan fingerprint density at radius 1 is 0.731 bits per heavy atom. The highest BCUT2D eigenvalue weighted by Gasteiger charge is 2.39. The molecule has 0 bridgehead atoms. The monoisotopic (exact) mass is 352 g/mol. The van der Waals surface area contributed by atoms with Crippen molar-refractivity contribution in [2.45, 2.75) is 19.3 Å². The first kappa shape index (κ1) is 15.6. The van der Waals surface area contributed by atoms with Gasteiger partial charge >= 0.3 is 0 Å². The summed E-state index contributed by atoms with van der Waals surface area (Å²) in [6, 6.07) is 26.5. The first-order valence-corrected chi connectivity index (χ1v) is 9.97. The number of hydrogen-bond donors (Lipinski definition) is 0. The minimum absolute atomic E-state index is 0.00998. The summed E-state index contributed by atoms with van der Waals surface area (Å²) in [5.41, 5.74) is 8.29. The predicted molar refractivity (Wildman–Crippen MR) is 114 cm³/mol. The standard InChI is InChI=1S/C25H20S/c1-25(2)22-13-6-5-11-21(22)23(24(25)18-14-15-26-16-18)20-12-7-9-17-8-3-4-10-19(17)20/h3-16H,1-2H3. The summed E-state index contributed by atoms with van der Waals surface area (Å²) >= 11 is 1.77. The van der Waals surface area contributed by atoms with Crippen LogP contribution in [0.3, 0.4) is 0 Å². The van der Waals surface area contributed by atoms with E-state index in [-0.39, 0.29) is 5.41 Å². The molecule has 1 heterocycles. The van der Waals surface area contributed by atoms with Crippen LogP contribution < -0.4 is 0 Å². The van der Waals surface area contributed by atoms with Gasteiger partial charge in [-0.05, 0) is 61.0 Å². The number of benzene rings is 3. The van der Waals surface area contributed by atoms with E-state index in [1.165, 1.54) is 44.2 Å². The van der Waals surface area contributed by atoms with Gasteiger partial charge in [-0.2, -0.15) is 11.3 Å². The Balaban J connectivity index is 1.93. The molecule has 0 saturated heterocycles. The number of allylic oxidation sites excluding steroid dienone is 1. The van der Waals surface area contributed by atoms with Gasteiger partial charge in [-0.15, -0.1) is 0 Å². The van der Waals surface area contributed by atoms with Gasteiger partial charge in [-0.25, -0.2) is 0 Å². The van der Waals surface area contributed by atoms with Gasteiger partial charge in [0.25, 0.3) is 0 Å². The molecule has 26 heavy (non-hydrogen) atoms. The Hall–Kier alpha value is -2.64. The summed E-state index contributed by atoms with van der Waals surface area (Å²) in [4.78, 5) is 0. The minimum atomic E-state index is -0.00998. The molecule has 0 saturated carbocycles. The van der Waals surface area contributed by atoms with Crippen LogP contribution in [0.5, 0.6) is 0 Å². The summed E-state index contributed by atoms with van der Waals surface area (Å²) in [7, 11) is 0. The molecule has 1 aromatic heterocycles. The van der Waals surface area contributed by atoms with Gasteiger partial charge in [-0.1, -0.05) is 80.6 Å². The number of thiophene rings is 1. The van der Waals surface area contributed by atoms with Crippen molar-refractivity contribution in [3.63, 3.8) is 0 Å². The maximum Gasteiger partial charge on any atom is 0.0165 e. The van der Waals surface area contributed by atoms with E-state index in [2.05, 4.69) is 97.4 Å². The van der Waals surface area contributed by atoms with Crippen molar-refractivity contribution in [3.05, 3.63) is 106 Å². The molecule has 0 radical (unpaired) electrons. The van der Waals surface area contributed by atoms with E-state index in [0.717, 1.165) is 0 Å².